The summed E-state index contributed by atoms with van der Waals surface area (Å²) >= 11 is 1.14. The lowest BCUT2D eigenvalue weighted by Gasteiger charge is -1.76. The third kappa shape index (κ3) is 0.640. The zero-order valence-corrected chi connectivity index (χ0v) is 5.68. The first-order valence-electron chi connectivity index (χ1n) is 2.60. The molecule has 0 amide bonds. The van der Waals surface area contributed by atoms with E-state index in [1.165, 1.54) is 0 Å². The van der Waals surface area contributed by atoms with Crippen LogP contribution < -0.4 is 5.73 Å². The van der Waals surface area contributed by atoms with Gasteiger partial charge in [0.2, 0.25) is 5.71 Å². The zero-order valence-electron chi connectivity index (χ0n) is 4.87. The minimum Gasteiger partial charge on any atom is -0.486 e. The van der Waals surface area contributed by atoms with Crippen molar-refractivity contribution in [3.05, 3.63) is 6.07 Å². The molecule has 0 aliphatic rings. The summed E-state index contributed by atoms with van der Waals surface area (Å²) in [5, 5.41) is 8.85. The van der Waals surface area contributed by atoms with Gasteiger partial charge in [0.1, 0.15) is 4.70 Å². The molecule has 0 radical (unpaired) electrons. The third-order valence-electron chi connectivity index (χ3n) is 1.10. The van der Waals surface area contributed by atoms with E-state index in [9.17, 15) is 0 Å². The highest BCUT2D eigenvalue weighted by molar-refractivity contribution is 7.20. The van der Waals surface area contributed by atoms with Crippen LogP contribution in [0.1, 0.15) is 0 Å². The molecule has 2 rings (SSSR count). The van der Waals surface area contributed by atoms with Crippen LogP contribution in [0.4, 0.5) is 5.88 Å². The van der Waals surface area contributed by atoms with Crippen LogP contribution in [0.15, 0.2) is 10.5 Å². The first-order chi connectivity index (χ1) is 4.75. The summed E-state index contributed by atoms with van der Waals surface area (Å²) < 4.78 is 5.68. The second kappa shape index (κ2) is 1.63. The van der Waals surface area contributed by atoms with E-state index >= 15 is 0 Å². The van der Waals surface area contributed by atoms with Crippen molar-refractivity contribution in [2.24, 2.45) is 0 Å². The van der Waals surface area contributed by atoms with E-state index < -0.39 is 0 Å². The molecule has 0 aliphatic carbocycles. The number of hydrogen-bond acceptors (Lipinski definition) is 5. The Labute approximate surface area is 59.9 Å². The van der Waals surface area contributed by atoms with Gasteiger partial charge in [-0.25, -0.2) is 0 Å². The lowest BCUT2D eigenvalue weighted by atomic mass is 10.6. The summed E-state index contributed by atoms with van der Waals surface area (Å²) in [6.45, 7) is 0. The van der Waals surface area contributed by atoms with Gasteiger partial charge in [0, 0.05) is 6.07 Å². The predicted octanol–water partition coefficient (Wildman–Crippen LogP) is 1.18. The molecule has 0 saturated heterocycles. The van der Waals surface area contributed by atoms with Gasteiger partial charge in [0.25, 0.3) is 5.19 Å². The lowest BCUT2D eigenvalue weighted by Crippen LogP contribution is -1.75. The summed E-state index contributed by atoms with van der Waals surface area (Å²) in [5.41, 5.74) is 5.71. The van der Waals surface area contributed by atoms with E-state index in [1.807, 2.05) is 0 Å². The van der Waals surface area contributed by atoms with Crippen molar-refractivity contribution in [3.63, 3.8) is 0 Å². The van der Waals surface area contributed by atoms with Gasteiger partial charge in [-0.15, -0.1) is 0 Å². The number of furan rings is 1. The average Bonchev–Trinajstić information content (AvgIpc) is 2.21. The van der Waals surface area contributed by atoms with Crippen molar-refractivity contribution >= 4 is 27.6 Å². The van der Waals surface area contributed by atoms with Gasteiger partial charge in [-0.05, 0) is 0 Å². The standard InChI is InChI=1S/C5H4N2O2S/c6-3-1-2-4(9-3)7-5(8)10-2/h1H,6H2,(H,7,8). The first kappa shape index (κ1) is 5.55. The topological polar surface area (TPSA) is 72.3 Å². The number of nitrogens with two attached hydrogens (primary N) is 1. The van der Waals surface area contributed by atoms with Crippen molar-refractivity contribution in [3.8, 4) is 5.19 Å². The molecule has 2 aromatic heterocycles. The van der Waals surface area contributed by atoms with Crippen LogP contribution in [0, 0.1) is 0 Å². The molecule has 0 spiro atoms. The molecular formula is C5H4N2O2S. The molecule has 0 aromatic carbocycles. The summed E-state index contributed by atoms with van der Waals surface area (Å²) in [6, 6.07) is 1.63. The highest BCUT2D eigenvalue weighted by atomic mass is 32.1. The molecule has 3 N–H and O–H groups in total. The Morgan fingerprint density at radius 3 is 3.20 bits per heavy atom. The number of hydrogen-bond donors (Lipinski definition) is 2. The van der Waals surface area contributed by atoms with E-state index in [0.29, 0.717) is 11.6 Å². The maximum atomic E-state index is 8.84. The van der Waals surface area contributed by atoms with E-state index in [1.54, 1.807) is 6.07 Å². The number of thiazole rings is 1. The highest BCUT2D eigenvalue weighted by Crippen LogP contribution is 2.29. The van der Waals surface area contributed by atoms with Gasteiger partial charge in [0.15, 0.2) is 5.88 Å². The van der Waals surface area contributed by atoms with Crippen LogP contribution in [0.2, 0.25) is 0 Å². The monoisotopic (exact) mass is 156 g/mol. The fraction of sp³-hybridized carbons (Fsp3) is 0. The number of rotatable bonds is 0. The van der Waals surface area contributed by atoms with Gasteiger partial charge < -0.3 is 15.3 Å². The second-order valence-electron chi connectivity index (χ2n) is 1.81. The molecule has 0 aliphatic heterocycles. The summed E-state index contributed by atoms with van der Waals surface area (Å²) in [7, 11) is 0. The van der Waals surface area contributed by atoms with Crippen LogP contribution in [-0.2, 0) is 0 Å². The molecule has 4 nitrogen and oxygen atoms in total. The van der Waals surface area contributed by atoms with E-state index in [0.717, 1.165) is 16.0 Å². The molecule has 0 fully saturated rings. The van der Waals surface area contributed by atoms with E-state index in [-0.39, 0.29) is 5.19 Å². The van der Waals surface area contributed by atoms with Crippen LogP contribution in [0.25, 0.3) is 10.4 Å². The number of anilines is 1. The van der Waals surface area contributed by atoms with Crippen LogP contribution in [-0.4, -0.2) is 10.1 Å². The number of nitrogens with zero attached hydrogens (tertiary/aromatic N) is 1. The number of aromatic nitrogens is 1. The number of nitrogen functional groups attached to an aromatic ring is 1. The normalized spacial score (nSPS) is 10.8. The summed E-state index contributed by atoms with van der Waals surface area (Å²) in [5.74, 6) is 0.328. The number of fused-ring (bicyclic) bond motifs is 1. The fourth-order valence-electron chi connectivity index (χ4n) is 0.741. The molecule has 0 atom stereocenters. The fourth-order valence-corrected chi connectivity index (χ4v) is 1.42. The lowest BCUT2D eigenvalue weighted by molar-refractivity contribution is 0.468. The molecule has 52 valence electrons. The van der Waals surface area contributed by atoms with Crippen LogP contribution >= 0.6 is 11.3 Å². The van der Waals surface area contributed by atoms with Crippen molar-refractivity contribution in [2.45, 2.75) is 0 Å². The quantitative estimate of drug-likeness (QED) is 0.600. The predicted molar refractivity (Wildman–Crippen MR) is 38.0 cm³/mol. The minimum atomic E-state index is 0.00810. The molecule has 0 unspecified atom stereocenters. The van der Waals surface area contributed by atoms with Crippen molar-refractivity contribution in [1.82, 2.24) is 4.98 Å². The molecule has 10 heavy (non-hydrogen) atoms. The van der Waals surface area contributed by atoms with Crippen LogP contribution in [0.5, 0.6) is 5.19 Å². The molecule has 2 aromatic rings. The van der Waals surface area contributed by atoms with Gasteiger partial charge >= 0.3 is 0 Å². The maximum absolute atomic E-state index is 8.84. The number of aromatic hydroxyl groups is 1. The maximum Gasteiger partial charge on any atom is 0.274 e. The molecule has 5 heteroatoms. The van der Waals surface area contributed by atoms with Gasteiger partial charge in [-0.2, -0.15) is 4.98 Å². The second-order valence-corrected chi connectivity index (χ2v) is 2.82. The van der Waals surface area contributed by atoms with Crippen molar-refractivity contribution in [2.75, 3.05) is 5.73 Å². The SMILES string of the molecule is Nc1cc2sc(O)nc2o1. The highest BCUT2D eigenvalue weighted by Gasteiger charge is 2.06. The van der Waals surface area contributed by atoms with Crippen LogP contribution in [0.3, 0.4) is 0 Å². The largest absolute Gasteiger partial charge is 0.486 e. The Morgan fingerprint density at radius 1 is 1.70 bits per heavy atom. The Bertz CT molecular complexity index is 301. The Hall–Kier alpha value is -1.23. The van der Waals surface area contributed by atoms with E-state index in [2.05, 4.69) is 4.98 Å². The molecule has 2 heterocycles. The third-order valence-corrected chi connectivity index (χ3v) is 1.88. The van der Waals surface area contributed by atoms with Gasteiger partial charge in [0.05, 0.1) is 0 Å². The molecular weight excluding hydrogens is 152 g/mol. The minimum absolute atomic E-state index is 0.00810. The Balaban J connectivity index is 2.83. The van der Waals surface area contributed by atoms with Gasteiger partial charge in [-0.3, -0.25) is 0 Å². The van der Waals surface area contributed by atoms with Crippen molar-refractivity contribution in [1.29, 1.82) is 0 Å². The molecule has 0 saturated carbocycles. The van der Waals surface area contributed by atoms with E-state index in [4.69, 9.17) is 15.3 Å². The average molecular weight is 156 g/mol. The smallest absolute Gasteiger partial charge is 0.274 e. The first-order valence-corrected chi connectivity index (χ1v) is 3.42. The Morgan fingerprint density at radius 2 is 2.50 bits per heavy atom. The Kier molecular flexibility index (Phi) is 0.906. The zero-order chi connectivity index (χ0) is 7.14. The van der Waals surface area contributed by atoms with Gasteiger partial charge in [-0.1, -0.05) is 11.3 Å². The summed E-state index contributed by atoms with van der Waals surface area (Å²) in [4.78, 5) is 3.66. The van der Waals surface area contributed by atoms with Crippen molar-refractivity contribution < 1.29 is 9.52 Å². The molecule has 0 bridgehead atoms. The summed E-state index contributed by atoms with van der Waals surface area (Å²) in [6.07, 6.45) is 0.